The van der Waals surface area contributed by atoms with E-state index in [9.17, 15) is 9.59 Å². The maximum absolute atomic E-state index is 12.0. The zero-order valence-corrected chi connectivity index (χ0v) is 14.1. The number of carbonyl (C=O) groups excluding carboxylic acids is 2. The number of carbonyl (C=O) groups is 2. The molecular formula is C17H23N3O4. The Balaban J connectivity index is 2.67. The molecule has 0 aromatic heterocycles. The molecule has 7 nitrogen and oxygen atoms in total. The minimum Gasteiger partial charge on any atom is -0.450 e. The molecule has 0 saturated carbocycles. The van der Waals surface area contributed by atoms with Crippen LogP contribution in [-0.4, -0.2) is 36.2 Å². The number of hydrogen-bond donors (Lipinski definition) is 4. The molecule has 0 aliphatic heterocycles. The Morgan fingerprint density at radius 1 is 1.33 bits per heavy atom. The molecule has 0 bridgehead atoms. The molecule has 2 amide bonds. The second-order valence-corrected chi connectivity index (χ2v) is 5.26. The third-order valence-corrected chi connectivity index (χ3v) is 3.11. The first-order valence-corrected chi connectivity index (χ1v) is 7.60. The van der Waals surface area contributed by atoms with Crippen LogP contribution < -0.4 is 10.6 Å². The lowest BCUT2D eigenvalue weighted by atomic mass is 10.1. The van der Waals surface area contributed by atoms with Gasteiger partial charge < -0.3 is 15.2 Å². The third-order valence-electron chi connectivity index (χ3n) is 3.11. The van der Waals surface area contributed by atoms with Crippen molar-refractivity contribution in [3.8, 4) is 0 Å². The maximum Gasteiger partial charge on any atom is 0.412 e. The summed E-state index contributed by atoms with van der Waals surface area (Å²) >= 11 is 0. The van der Waals surface area contributed by atoms with E-state index in [0.717, 1.165) is 0 Å². The van der Waals surface area contributed by atoms with Crippen LogP contribution in [0.1, 0.15) is 26.3 Å². The smallest absolute Gasteiger partial charge is 0.412 e. The summed E-state index contributed by atoms with van der Waals surface area (Å²) in [6.45, 7) is 5.38. The molecule has 1 rings (SSSR count). The summed E-state index contributed by atoms with van der Waals surface area (Å²) in [5.74, 6) is -0.436. The van der Waals surface area contributed by atoms with E-state index >= 15 is 0 Å². The number of rotatable bonds is 6. The number of anilines is 1. The predicted molar refractivity (Wildman–Crippen MR) is 92.1 cm³/mol. The van der Waals surface area contributed by atoms with Gasteiger partial charge in [-0.15, -0.1) is 0 Å². The molecule has 0 heterocycles. The van der Waals surface area contributed by atoms with Crippen molar-refractivity contribution in [3.63, 3.8) is 0 Å². The fourth-order valence-corrected chi connectivity index (χ4v) is 1.85. The summed E-state index contributed by atoms with van der Waals surface area (Å²) in [6, 6.07) is 6.49. The summed E-state index contributed by atoms with van der Waals surface area (Å²) in [5, 5.41) is 21.8. The van der Waals surface area contributed by atoms with Crippen LogP contribution in [0.3, 0.4) is 0 Å². The largest absolute Gasteiger partial charge is 0.450 e. The third kappa shape index (κ3) is 6.21. The van der Waals surface area contributed by atoms with Crippen LogP contribution in [0.2, 0.25) is 0 Å². The molecule has 130 valence electrons. The molecule has 4 N–H and O–H groups in total. The van der Waals surface area contributed by atoms with Gasteiger partial charge in [0.2, 0.25) is 0 Å². The van der Waals surface area contributed by atoms with Gasteiger partial charge in [-0.3, -0.25) is 15.5 Å². The second-order valence-electron chi connectivity index (χ2n) is 5.26. The zero-order chi connectivity index (χ0) is 18.1. The highest BCUT2D eigenvalue weighted by atomic mass is 16.5. The normalized spacial score (nSPS) is 12.2. The van der Waals surface area contributed by atoms with E-state index in [1.165, 1.54) is 0 Å². The van der Waals surface area contributed by atoms with Gasteiger partial charge in [0.25, 0.3) is 5.91 Å². The monoisotopic (exact) mass is 333 g/mol. The second kappa shape index (κ2) is 9.46. The average Bonchev–Trinajstić information content (AvgIpc) is 2.55. The lowest BCUT2D eigenvalue weighted by Gasteiger charge is -2.09. The Kier molecular flexibility index (Phi) is 7.64. The van der Waals surface area contributed by atoms with Crippen LogP contribution >= 0.6 is 0 Å². The quantitative estimate of drug-likeness (QED) is 0.363. The van der Waals surface area contributed by atoms with E-state index in [0.29, 0.717) is 16.8 Å². The molecule has 1 unspecified atom stereocenters. The number of amidine groups is 1. The van der Waals surface area contributed by atoms with Crippen molar-refractivity contribution in [2.75, 3.05) is 18.5 Å². The van der Waals surface area contributed by atoms with E-state index in [2.05, 4.69) is 10.6 Å². The molecule has 0 aliphatic carbocycles. The first kappa shape index (κ1) is 19.4. The number of ether oxygens (including phenoxy) is 1. The Bertz CT molecular complexity index is 623. The SMILES string of the molecule is CCOC(=O)NC(=N)c1ccc(NC(=O)/C(C)=C/C(C)CO)cc1. The van der Waals surface area contributed by atoms with E-state index in [1.54, 1.807) is 44.2 Å². The van der Waals surface area contributed by atoms with Gasteiger partial charge >= 0.3 is 6.09 Å². The van der Waals surface area contributed by atoms with Gasteiger partial charge in [-0.2, -0.15) is 0 Å². The maximum atomic E-state index is 12.0. The molecule has 0 saturated heterocycles. The summed E-state index contributed by atoms with van der Waals surface area (Å²) in [4.78, 5) is 23.3. The van der Waals surface area contributed by atoms with Crippen molar-refractivity contribution in [1.29, 1.82) is 5.41 Å². The fourth-order valence-electron chi connectivity index (χ4n) is 1.85. The molecule has 0 fully saturated rings. The number of aliphatic hydroxyl groups is 1. The van der Waals surface area contributed by atoms with Crippen molar-refractivity contribution < 1.29 is 19.4 Å². The van der Waals surface area contributed by atoms with Gasteiger partial charge in [-0.1, -0.05) is 13.0 Å². The minimum atomic E-state index is -0.682. The molecular weight excluding hydrogens is 310 g/mol. The highest BCUT2D eigenvalue weighted by Crippen LogP contribution is 2.12. The predicted octanol–water partition coefficient (Wildman–Crippen LogP) is 2.27. The van der Waals surface area contributed by atoms with Crippen LogP contribution in [0.25, 0.3) is 0 Å². The molecule has 1 atom stereocenters. The molecule has 24 heavy (non-hydrogen) atoms. The van der Waals surface area contributed by atoms with Gasteiger partial charge in [0.05, 0.1) is 6.61 Å². The first-order valence-electron chi connectivity index (χ1n) is 7.60. The van der Waals surface area contributed by atoms with Crippen LogP contribution in [0.15, 0.2) is 35.9 Å². The van der Waals surface area contributed by atoms with Crippen molar-refractivity contribution in [1.82, 2.24) is 5.32 Å². The number of alkyl carbamates (subject to hydrolysis) is 1. The lowest BCUT2D eigenvalue weighted by Crippen LogP contribution is -2.31. The number of benzene rings is 1. The number of aliphatic hydroxyl groups excluding tert-OH is 1. The van der Waals surface area contributed by atoms with E-state index in [1.807, 2.05) is 6.92 Å². The molecule has 0 spiro atoms. The van der Waals surface area contributed by atoms with Gasteiger partial charge in [0.15, 0.2) is 0 Å². The fraction of sp³-hybridized carbons (Fsp3) is 0.353. The summed E-state index contributed by atoms with van der Waals surface area (Å²) < 4.78 is 4.71. The minimum absolute atomic E-state index is 0.0190. The lowest BCUT2D eigenvalue weighted by molar-refractivity contribution is -0.112. The molecule has 0 aliphatic rings. The van der Waals surface area contributed by atoms with Crippen molar-refractivity contribution in [2.45, 2.75) is 20.8 Å². The Morgan fingerprint density at radius 2 is 1.96 bits per heavy atom. The van der Waals surface area contributed by atoms with Crippen LogP contribution in [0.4, 0.5) is 10.5 Å². The highest BCUT2D eigenvalue weighted by molar-refractivity contribution is 6.06. The number of hydrogen-bond acceptors (Lipinski definition) is 5. The van der Waals surface area contributed by atoms with Crippen molar-refractivity contribution in [2.24, 2.45) is 5.92 Å². The summed E-state index contributed by atoms with van der Waals surface area (Å²) in [5.41, 5.74) is 1.57. The summed E-state index contributed by atoms with van der Waals surface area (Å²) in [7, 11) is 0. The molecule has 7 heteroatoms. The average molecular weight is 333 g/mol. The molecule has 1 aromatic rings. The summed E-state index contributed by atoms with van der Waals surface area (Å²) in [6.07, 6.45) is 1.02. The zero-order valence-electron chi connectivity index (χ0n) is 14.1. The number of nitrogens with one attached hydrogen (secondary N) is 3. The van der Waals surface area contributed by atoms with E-state index < -0.39 is 6.09 Å². The van der Waals surface area contributed by atoms with Crippen LogP contribution in [0.5, 0.6) is 0 Å². The van der Waals surface area contributed by atoms with Crippen LogP contribution in [0, 0.1) is 11.3 Å². The van der Waals surface area contributed by atoms with E-state index in [-0.39, 0.29) is 30.9 Å². The topological polar surface area (TPSA) is 112 Å². The van der Waals surface area contributed by atoms with E-state index in [4.69, 9.17) is 15.3 Å². The van der Waals surface area contributed by atoms with Crippen molar-refractivity contribution in [3.05, 3.63) is 41.5 Å². The molecule has 1 aromatic carbocycles. The Hall–Kier alpha value is -2.67. The number of amides is 2. The van der Waals surface area contributed by atoms with Gasteiger partial charge in [0, 0.05) is 23.4 Å². The first-order chi connectivity index (χ1) is 11.4. The highest BCUT2D eigenvalue weighted by Gasteiger charge is 2.09. The van der Waals surface area contributed by atoms with Crippen LogP contribution in [-0.2, 0) is 9.53 Å². The van der Waals surface area contributed by atoms with Crippen molar-refractivity contribution >= 4 is 23.5 Å². The van der Waals surface area contributed by atoms with Gasteiger partial charge in [-0.25, -0.2) is 4.79 Å². The Labute approximate surface area is 141 Å². The standard InChI is InChI=1S/C17H23N3O4/c1-4-24-17(23)20-15(18)13-5-7-14(8-6-13)19-16(22)12(3)9-11(2)10-21/h5-9,11,21H,4,10H2,1-3H3,(H,19,22)(H2,18,20,23)/b12-9+. The van der Waals surface area contributed by atoms with Gasteiger partial charge in [-0.05, 0) is 44.0 Å². The molecule has 0 radical (unpaired) electrons. The Morgan fingerprint density at radius 3 is 2.50 bits per heavy atom. The van der Waals surface area contributed by atoms with Gasteiger partial charge in [0.1, 0.15) is 5.84 Å².